The topological polar surface area (TPSA) is 52.9 Å². The first-order chi connectivity index (χ1) is 10.1. The fraction of sp³-hybridized carbons (Fsp3) is 0.647. The van der Waals surface area contributed by atoms with Crippen LogP contribution in [0.4, 0.5) is 0 Å². The molecule has 3 atom stereocenters. The highest BCUT2D eigenvalue weighted by molar-refractivity contribution is 5.55. The number of ether oxygens (including phenoxy) is 1. The van der Waals surface area contributed by atoms with Gasteiger partial charge in [0.25, 0.3) is 0 Å². The van der Waals surface area contributed by atoms with Gasteiger partial charge in [-0.1, -0.05) is 12.1 Å². The Bertz CT molecular complexity index is 573. The van der Waals surface area contributed by atoms with E-state index in [1.807, 2.05) is 6.07 Å². The fourth-order valence-corrected chi connectivity index (χ4v) is 4.54. The number of aliphatic hydroxyl groups is 2. The van der Waals surface area contributed by atoms with E-state index in [0.717, 1.165) is 43.7 Å². The Kier molecular flexibility index (Phi) is 3.03. The van der Waals surface area contributed by atoms with Crippen LogP contribution in [0.1, 0.15) is 42.4 Å². The molecule has 0 aromatic heterocycles. The lowest BCUT2D eigenvalue weighted by molar-refractivity contribution is 0.0121. The fourth-order valence-electron chi connectivity index (χ4n) is 4.54. The summed E-state index contributed by atoms with van der Waals surface area (Å²) in [7, 11) is 2.16. The van der Waals surface area contributed by atoms with Crippen molar-refractivity contribution >= 4 is 0 Å². The van der Waals surface area contributed by atoms with E-state index >= 15 is 0 Å². The van der Waals surface area contributed by atoms with E-state index in [-0.39, 0.29) is 24.2 Å². The molecule has 4 heteroatoms. The molecule has 21 heavy (non-hydrogen) atoms. The van der Waals surface area contributed by atoms with Crippen molar-refractivity contribution < 1.29 is 14.9 Å². The van der Waals surface area contributed by atoms with E-state index in [0.29, 0.717) is 6.42 Å². The van der Waals surface area contributed by atoms with Crippen LogP contribution in [-0.2, 0) is 18.6 Å². The normalized spacial score (nSPS) is 34.8. The Morgan fingerprint density at radius 1 is 1.38 bits per heavy atom. The van der Waals surface area contributed by atoms with Crippen molar-refractivity contribution in [1.82, 2.24) is 4.90 Å². The van der Waals surface area contributed by atoms with Gasteiger partial charge >= 0.3 is 0 Å². The Labute approximate surface area is 125 Å². The zero-order valence-electron chi connectivity index (χ0n) is 12.5. The van der Waals surface area contributed by atoms with Gasteiger partial charge in [0.1, 0.15) is 11.9 Å². The minimum atomic E-state index is -0.253. The summed E-state index contributed by atoms with van der Waals surface area (Å²) in [6.45, 7) is 2.01. The molecule has 2 aliphatic heterocycles. The van der Waals surface area contributed by atoms with Gasteiger partial charge in [-0.2, -0.15) is 0 Å². The van der Waals surface area contributed by atoms with E-state index in [4.69, 9.17) is 4.74 Å². The first-order valence-electron chi connectivity index (χ1n) is 7.93. The van der Waals surface area contributed by atoms with Crippen LogP contribution in [0.5, 0.6) is 5.75 Å². The summed E-state index contributed by atoms with van der Waals surface area (Å²) in [5, 5.41) is 19.7. The number of hydrogen-bond donors (Lipinski definition) is 2. The summed E-state index contributed by atoms with van der Waals surface area (Å²) in [5.74, 6) is 0.907. The van der Waals surface area contributed by atoms with E-state index < -0.39 is 0 Å². The average molecular weight is 289 g/mol. The Hall–Kier alpha value is -1.10. The maximum absolute atomic E-state index is 10.0. The Balaban J connectivity index is 1.90. The van der Waals surface area contributed by atoms with Gasteiger partial charge in [-0.05, 0) is 38.4 Å². The molecule has 0 saturated heterocycles. The van der Waals surface area contributed by atoms with E-state index in [9.17, 15) is 10.2 Å². The summed E-state index contributed by atoms with van der Waals surface area (Å²) in [5.41, 5.74) is 3.60. The average Bonchev–Trinajstić information content (AvgIpc) is 2.72. The van der Waals surface area contributed by atoms with Crippen molar-refractivity contribution in [3.63, 3.8) is 0 Å². The summed E-state index contributed by atoms with van der Waals surface area (Å²) in [4.78, 5) is 2.36. The highest BCUT2D eigenvalue weighted by atomic mass is 16.5. The monoisotopic (exact) mass is 289 g/mol. The number of aliphatic hydroxyl groups excluding tert-OH is 2. The Morgan fingerprint density at radius 3 is 3.05 bits per heavy atom. The minimum Gasteiger partial charge on any atom is -0.489 e. The first kappa shape index (κ1) is 13.6. The standard InChI is InChI=1S/C17H23NO3/c1-18-7-6-17-5-4-13(20)8-14(17)21-16-12(10-19)3-2-11(9-18)15(16)17/h2-3,13-14,19-20H,4-10H2,1H3/t13-,14-,17?/m0/s1. The van der Waals surface area contributed by atoms with Crippen LogP contribution in [0.3, 0.4) is 0 Å². The predicted molar refractivity (Wildman–Crippen MR) is 79.3 cm³/mol. The van der Waals surface area contributed by atoms with Gasteiger partial charge in [-0.25, -0.2) is 0 Å². The van der Waals surface area contributed by atoms with Crippen molar-refractivity contribution in [2.24, 2.45) is 0 Å². The second-order valence-corrected chi connectivity index (χ2v) is 6.92. The molecule has 0 radical (unpaired) electrons. The molecule has 1 saturated carbocycles. The van der Waals surface area contributed by atoms with Crippen LogP contribution in [-0.4, -0.2) is 40.9 Å². The molecule has 3 aliphatic rings. The second kappa shape index (κ2) is 4.70. The molecule has 0 amide bonds. The van der Waals surface area contributed by atoms with Crippen LogP contribution in [0, 0.1) is 0 Å². The molecule has 114 valence electrons. The number of benzene rings is 1. The summed E-state index contributed by atoms with van der Waals surface area (Å²) < 4.78 is 6.27. The van der Waals surface area contributed by atoms with Crippen LogP contribution in [0.25, 0.3) is 0 Å². The highest BCUT2D eigenvalue weighted by Crippen LogP contribution is 2.55. The van der Waals surface area contributed by atoms with Gasteiger partial charge < -0.3 is 19.8 Å². The second-order valence-electron chi connectivity index (χ2n) is 6.92. The van der Waals surface area contributed by atoms with Crippen LogP contribution in [0.2, 0.25) is 0 Å². The molecule has 1 unspecified atom stereocenters. The van der Waals surface area contributed by atoms with Crippen LogP contribution >= 0.6 is 0 Å². The molecule has 1 aromatic rings. The lowest BCUT2D eigenvalue weighted by Gasteiger charge is -2.40. The molecule has 2 N–H and O–H groups in total. The van der Waals surface area contributed by atoms with E-state index in [1.165, 1.54) is 11.1 Å². The summed E-state index contributed by atoms with van der Waals surface area (Å²) >= 11 is 0. The maximum atomic E-state index is 10.0. The van der Waals surface area contributed by atoms with Crippen LogP contribution in [0.15, 0.2) is 12.1 Å². The Morgan fingerprint density at radius 2 is 2.24 bits per heavy atom. The smallest absolute Gasteiger partial charge is 0.129 e. The summed E-state index contributed by atoms with van der Waals surface area (Å²) in [6.07, 6.45) is 3.44. The third kappa shape index (κ3) is 1.86. The quantitative estimate of drug-likeness (QED) is 0.824. The molecule has 2 heterocycles. The third-order valence-corrected chi connectivity index (χ3v) is 5.66. The largest absolute Gasteiger partial charge is 0.489 e. The van der Waals surface area contributed by atoms with Gasteiger partial charge in [0.2, 0.25) is 0 Å². The third-order valence-electron chi connectivity index (χ3n) is 5.66. The van der Waals surface area contributed by atoms with Gasteiger partial charge in [0.15, 0.2) is 0 Å². The number of hydrogen-bond acceptors (Lipinski definition) is 4. The first-order valence-corrected chi connectivity index (χ1v) is 7.93. The number of rotatable bonds is 1. The molecule has 0 bridgehead atoms. The SMILES string of the molecule is CN1CCC23CC[C@H](O)C[C@@H]2Oc2c(CO)ccc(c23)C1. The maximum Gasteiger partial charge on any atom is 0.129 e. The number of nitrogens with zero attached hydrogens (tertiary/aromatic N) is 1. The molecule has 4 nitrogen and oxygen atoms in total. The molecule has 4 rings (SSSR count). The van der Waals surface area contributed by atoms with Crippen LogP contribution < -0.4 is 4.74 Å². The zero-order chi connectivity index (χ0) is 14.6. The minimum absolute atomic E-state index is 0.0177. The molecule has 1 fully saturated rings. The lowest BCUT2D eigenvalue weighted by Crippen LogP contribution is -2.45. The molecule has 1 spiro atoms. The highest BCUT2D eigenvalue weighted by Gasteiger charge is 2.54. The molecular formula is C17H23NO3. The van der Waals surface area contributed by atoms with Gasteiger partial charge in [-0.15, -0.1) is 0 Å². The van der Waals surface area contributed by atoms with Crippen molar-refractivity contribution in [3.05, 3.63) is 28.8 Å². The van der Waals surface area contributed by atoms with E-state index in [1.54, 1.807) is 0 Å². The van der Waals surface area contributed by atoms with Gasteiger partial charge in [-0.3, -0.25) is 0 Å². The zero-order valence-corrected chi connectivity index (χ0v) is 12.5. The van der Waals surface area contributed by atoms with E-state index in [2.05, 4.69) is 18.0 Å². The van der Waals surface area contributed by atoms with Gasteiger partial charge in [0, 0.05) is 29.5 Å². The lowest BCUT2D eigenvalue weighted by atomic mass is 9.65. The van der Waals surface area contributed by atoms with Crippen molar-refractivity contribution in [2.45, 2.75) is 56.5 Å². The molecule has 1 aliphatic carbocycles. The van der Waals surface area contributed by atoms with Crippen molar-refractivity contribution in [2.75, 3.05) is 13.6 Å². The molecule has 1 aromatic carbocycles. The molecular weight excluding hydrogens is 266 g/mol. The summed E-state index contributed by atoms with van der Waals surface area (Å²) in [6, 6.07) is 4.15. The van der Waals surface area contributed by atoms with Crippen molar-refractivity contribution in [3.8, 4) is 5.75 Å². The van der Waals surface area contributed by atoms with Crippen molar-refractivity contribution in [1.29, 1.82) is 0 Å². The van der Waals surface area contributed by atoms with Gasteiger partial charge in [0.05, 0.1) is 12.7 Å². The predicted octanol–water partition coefficient (Wildman–Crippen LogP) is 1.56.